The van der Waals surface area contributed by atoms with Crippen LogP contribution in [0.5, 0.6) is 0 Å². The maximum Gasteiger partial charge on any atom is 0.0460 e. The SMILES string of the molecule is C=CCCCC(NN)c1ccc(SCC)cc1. The zero-order valence-corrected chi connectivity index (χ0v) is 11.3. The lowest BCUT2D eigenvalue weighted by atomic mass is 10.0. The van der Waals surface area contributed by atoms with Gasteiger partial charge in [-0.1, -0.05) is 25.1 Å². The Hall–Kier alpha value is -0.770. The Labute approximate surface area is 109 Å². The summed E-state index contributed by atoms with van der Waals surface area (Å²) in [7, 11) is 0. The number of allylic oxidation sites excluding steroid dienone is 1. The molecular weight excluding hydrogens is 228 g/mol. The van der Waals surface area contributed by atoms with Crippen molar-refractivity contribution >= 4 is 11.8 Å². The van der Waals surface area contributed by atoms with Crippen molar-refractivity contribution in [3.8, 4) is 0 Å². The quantitative estimate of drug-likeness (QED) is 0.243. The second-order valence-corrected chi connectivity index (χ2v) is 5.28. The van der Waals surface area contributed by atoms with Gasteiger partial charge in [0.1, 0.15) is 0 Å². The Bertz CT molecular complexity index is 321. The number of hydrogen-bond acceptors (Lipinski definition) is 3. The highest BCUT2D eigenvalue weighted by Crippen LogP contribution is 2.23. The Morgan fingerprint density at radius 1 is 1.41 bits per heavy atom. The van der Waals surface area contributed by atoms with Crippen molar-refractivity contribution in [1.29, 1.82) is 0 Å². The van der Waals surface area contributed by atoms with Crippen LogP contribution in [0.4, 0.5) is 0 Å². The molecule has 3 N–H and O–H groups in total. The maximum atomic E-state index is 5.60. The lowest BCUT2D eigenvalue weighted by Crippen LogP contribution is -2.27. The van der Waals surface area contributed by atoms with E-state index in [0.29, 0.717) is 0 Å². The summed E-state index contributed by atoms with van der Waals surface area (Å²) in [5, 5.41) is 0. The molecule has 0 heterocycles. The highest BCUT2D eigenvalue weighted by molar-refractivity contribution is 7.99. The van der Waals surface area contributed by atoms with Crippen LogP contribution in [0.3, 0.4) is 0 Å². The third-order valence-corrected chi connectivity index (χ3v) is 3.59. The largest absolute Gasteiger partial charge is 0.271 e. The monoisotopic (exact) mass is 250 g/mol. The van der Waals surface area contributed by atoms with Gasteiger partial charge in [-0.2, -0.15) is 0 Å². The van der Waals surface area contributed by atoms with E-state index < -0.39 is 0 Å². The average molecular weight is 250 g/mol. The van der Waals surface area contributed by atoms with Gasteiger partial charge in [-0.3, -0.25) is 11.3 Å². The zero-order valence-electron chi connectivity index (χ0n) is 10.5. The van der Waals surface area contributed by atoms with Crippen LogP contribution >= 0.6 is 11.8 Å². The molecule has 1 rings (SSSR count). The molecule has 0 saturated carbocycles. The predicted molar refractivity (Wildman–Crippen MR) is 77.0 cm³/mol. The normalized spacial score (nSPS) is 12.4. The molecule has 0 fully saturated rings. The average Bonchev–Trinajstić information content (AvgIpc) is 2.36. The van der Waals surface area contributed by atoms with Crippen LogP contribution in [-0.4, -0.2) is 5.75 Å². The van der Waals surface area contributed by atoms with E-state index in [4.69, 9.17) is 5.84 Å². The summed E-state index contributed by atoms with van der Waals surface area (Å²) in [6.07, 6.45) is 5.16. The van der Waals surface area contributed by atoms with Gasteiger partial charge in [0.05, 0.1) is 0 Å². The fraction of sp³-hybridized carbons (Fsp3) is 0.429. The minimum atomic E-state index is 0.246. The smallest absolute Gasteiger partial charge is 0.0460 e. The topological polar surface area (TPSA) is 38.0 Å². The number of hydrazine groups is 1. The highest BCUT2D eigenvalue weighted by Gasteiger charge is 2.08. The van der Waals surface area contributed by atoms with Crippen LogP contribution in [0.25, 0.3) is 0 Å². The van der Waals surface area contributed by atoms with Gasteiger partial charge in [-0.25, -0.2) is 0 Å². The van der Waals surface area contributed by atoms with Crippen LogP contribution < -0.4 is 11.3 Å². The number of benzene rings is 1. The van der Waals surface area contributed by atoms with Gasteiger partial charge in [0.2, 0.25) is 0 Å². The van der Waals surface area contributed by atoms with Crippen LogP contribution in [0.1, 0.15) is 37.8 Å². The molecule has 0 radical (unpaired) electrons. The minimum Gasteiger partial charge on any atom is -0.271 e. The van der Waals surface area contributed by atoms with Crippen LogP contribution in [0, 0.1) is 0 Å². The third-order valence-electron chi connectivity index (χ3n) is 2.70. The molecule has 1 aromatic carbocycles. The van der Waals surface area contributed by atoms with Gasteiger partial charge in [0.15, 0.2) is 0 Å². The molecule has 17 heavy (non-hydrogen) atoms. The summed E-state index contributed by atoms with van der Waals surface area (Å²) >= 11 is 1.86. The molecular formula is C14H22N2S. The van der Waals surface area contributed by atoms with Crippen molar-refractivity contribution in [2.75, 3.05) is 5.75 Å². The first-order chi connectivity index (χ1) is 8.31. The standard InChI is InChI=1S/C14H22N2S/c1-3-5-6-7-14(16-15)12-8-10-13(11-9-12)17-4-2/h3,8-11,14,16H,1,4-7,15H2,2H3. The summed E-state index contributed by atoms with van der Waals surface area (Å²) in [6.45, 7) is 5.90. The van der Waals surface area contributed by atoms with Crippen LogP contribution in [-0.2, 0) is 0 Å². The van der Waals surface area contributed by atoms with Crippen molar-refractivity contribution in [2.24, 2.45) is 5.84 Å². The molecule has 1 aromatic rings. The lowest BCUT2D eigenvalue weighted by molar-refractivity contribution is 0.500. The first-order valence-corrected chi connectivity index (χ1v) is 7.10. The van der Waals surface area contributed by atoms with E-state index in [2.05, 4.69) is 43.2 Å². The maximum absolute atomic E-state index is 5.60. The van der Waals surface area contributed by atoms with Crippen LogP contribution in [0.2, 0.25) is 0 Å². The first kappa shape index (κ1) is 14.3. The second kappa shape index (κ2) is 8.34. The molecule has 94 valence electrons. The van der Waals surface area contributed by atoms with E-state index in [1.54, 1.807) is 0 Å². The molecule has 1 atom stereocenters. The van der Waals surface area contributed by atoms with Crippen molar-refractivity contribution < 1.29 is 0 Å². The van der Waals surface area contributed by atoms with E-state index in [-0.39, 0.29) is 6.04 Å². The molecule has 0 aliphatic carbocycles. The van der Waals surface area contributed by atoms with Crippen molar-refractivity contribution in [1.82, 2.24) is 5.43 Å². The van der Waals surface area contributed by atoms with Gasteiger partial charge in [-0.15, -0.1) is 18.3 Å². The summed E-state index contributed by atoms with van der Waals surface area (Å²) in [4.78, 5) is 1.32. The molecule has 1 unspecified atom stereocenters. The fourth-order valence-corrected chi connectivity index (χ4v) is 2.44. The molecule has 0 spiro atoms. The van der Waals surface area contributed by atoms with Gasteiger partial charge < -0.3 is 0 Å². The Morgan fingerprint density at radius 2 is 2.12 bits per heavy atom. The number of nitrogens with two attached hydrogens (primary N) is 1. The van der Waals surface area contributed by atoms with E-state index >= 15 is 0 Å². The molecule has 3 heteroatoms. The van der Waals surface area contributed by atoms with E-state index in [1.807, 2.05) is 17.8 Å². The highest BCUT2D eigenvalue weighted by atomic mass is 32.2. The summed E-state index contributed by atoms with van der Waals surface area (Å²) in [6, 6.07) is 8.91. The van der Waals surface area contributed by atoms with Gasteiger partial charge >= 0.3 is 0 Å². The molecule has 0 saturated heterocycles. The second-order valence-electron chi connectivity index (χ2n) is 3.94. The van der Waals surface area contributed by atoms with Gasteiger partial charge in [-0.05, 0) is 42.7 Å². The summed E-state index contributed by atoms with van der Waals surface area (Å²) in [5.41, 5.74) is 4.15. The lowest BCUT2D eigenvalue weighted by Gasteiger charge is -2.16. The van der Waals surface area contributed by atoms with E-state index in [1.165, 1.54) is 10.5 Å². The molecule has 2 nitrogen and oxygen atoms in total. The number of rotatable bonds is 8. The van der Waals surface area contributed by atoms with E-state index in [0.717, 1.165) is 25.0 Å². The van der Waals surface area contributed by atoms with Gasteiger partial charge in [0.25, 0.3) is 0 Å². The number of nitrogens with one attached hydrogen (secondary N) is 1. The van der Waals surface area contributed by atoms with Crippen molar-refractivity contribution in [3.05, 3.63) is 42.5 Å². The molecule has 0 aliphatic heterocycles. The number of unbranched alkanes of at least 4 members (excludes halogenated alkanes) is 1. The predicted octanol–water partition coefficient (Wildman–Crippen LogP) is 3.66. The van der Waals surface area contributed by atoms with Crippen LogP contribution in [0.15, 0.2) is 41.8 Å². The Balaban J connectivity index is 2.58. The minimum absolute atomic E-state index is 0.246. The Morgan fingerprint density at radius 3 is 2.65 bits per heavy atom. The summed E-state index contributed by atoms with van der Waals surface area (Å²) < 4.78 is 0. The molecule has 0 bridgehead atoms. The Kier molecular flexibility index (Phi) is 7.01. The molecule has 0 aromatic heterocycles. The first-order valence-electron chi connectivity index (χ1n) is 6.11. The number of thioether (sulfide) groups is 1. The molecule has 0 amide bonds. The molecule has 0 aliphatic rings. The summed E-state index contributed by atoms with van der Waals surface area (Å²) in [5.74, 6) is 6.71. The van der Waals surface area contributed by atoms with Gasteiger partial charge in [0, 0.05) is 10.9 Å². The van der Waals surface area contributed by atoms with E-state index in [9.17, 15) is 0 Å². The zero-order chi connectivity index (χ0) is 12.5. The van der Waals surface area contributed by atoms with Crippen molar-refractivity contribution in [3.63, 3.8) is 0 Å². The number of hydrogen-bond donors (Lipinski definition) is 2. The third kappa shape index (κ3) is 4.94. The fourth-order valence-electron chi connectivity index (χ4n) is 1.78. The van der Waals surface area contributed by atoms with Crippen molar-refractivity contribution in [2.45, 2.75) is 37.1 Å².